The summed E-state index contributed by atoms with van der Waals surface area (Å²) in [4.78, 5) is 60.8. The highest BCUT2D eigenvalue weighted by atomic mass is 35.5. The minimum absolute atomic E-state index is 0.0104. The number of halogens is 2. The standard InChI is InChI=1S/C50H61ClFN7O8S/c1-29-41(68-28-54-29)30-12-16-33(17-13-30)58(9)57-44(63)38-23-34(60)26-59(38)45(64)42(48(2,3)4)55-40(61)27-65-20-10-11-21-66-39-19-15-31(22-37(39)52)43(62)56-46-49(5,6)47(50(46,7)8)67-35-18-14-32(25-53)36(51)24-35/h12-19,22,24,28,34,38,42,46-47,60H,10-11,20-21,23,26-27H2,1-9H3,(H,55,61)(H,56,62)(H,57,63)/t34-,38+,42?,46?,47?/m1/s1. The molecule has 3 atom stereocenters. The monoisotopic (exact) mass is 973 g/mol. The van der Waals surface area contributed by atoms with Gasteiger partial charge in [-0.1, -0.05) is 72.2 Å². The number of aliphatic hydroxyl groups excluding tert-OH is 1. The molecule has 6 rings (SSSR count). The molecule has 4 amide bonds. The average Bonchev–Trinajstić information content (AvgIpc) is 3.90. The minimum atomic E-state index is -1.02. The van der Waals surface area contributed by atoms with Gasteiger partial charge >= 0.3 is 0 Å². The number of anilines is 1. The van der Waals surface area contributed by atoms with Crippen LogP contribution >= 0.6 is 22.9 Å². The Morgan fingerprint density at radius 3 is 2.35 bits per heavy atom. The molecule has 2 fully saturated rings. The van der Waals surface area contributed by atoms with E-state index in [-0.39, 0.29) is 56.2 Å². The van der Waals surface area contributed by atoms with Crippen LogP contribution in [0, 0.1) is 40.3 Å². The van der Waals surface area contributed by atoms with Crippen molar-refractivity contribution in [2.75, 3.05) is 38.4 Å². The van der Waals surface area contributed by atoms with Gasteiger partial charge < -0.3 is 34.9 Å². The number of aryl methyl sites for hydroxylation is 1. The number of aliphatic hydroxyl groups is 1. The molecule has 3 aromatic carbocycles. The van der Waals surface area contributed by atoms with Gasteiger partial charge in [-0.05, 0) is 73.2 Å². The zero-order valence-electron chi connectivity index (χ0n) is 39.9. The summed E-state index contributed by atoms with van der Waals surface area (Å²) in [6.07, 6.45) is -0.222. The van der Waals surface area contributed by atoms with E-state index in [2.05, 4.69) is 21.0 Å². The lowest BCUT2D eigenvalue weighted by atomic mass is 9.49. The van der Waals surface area contributed by atoms with Gasteiger partial charge in [0.15, 0.2) is 11.6 Å². The van der Waals surface area contributed by atoms with Crippen molar-refractivity contribution in [2.24, 2.45) is 16.2 Å². The number of hydrogen-bond donors (Lipinski definition) is 4. The first-order valence-corrected chi connectivity index (χ1v) is 23.8. The number of carbonyl (C=O) groups excluding carboxylic acids is 4. The van der Waals surface area contributed by atoms with Gasteiger partial charge in [-0.3, -0.25) is 29.6 Å². The topological polar surface area (TPSA) is 195 Å². The van der Waals surface area contributed by atoms with Crippen molar-refractivity contribution in [1.82, 2.24) is 25.9 Å². The van der Waals surface area contributed by atoms with Gasteiger partial charge in [0, 0.05) is 55.1 Å². The maximum atomic E-state index is 15.2. The zero-order valence-corrected chi connectivity index (χ0v) is 41.5. The number of ether oxygens (including phenoxy) is 3. The number of nitrogens with zero attached hydrogens (tertiary/aromatic N) is 4. The van der Waals surface area contributed by atoms with Crippen LogP contribution in [-0.2, 0) is 19.1 Å². The number of hydrazine groups is 1. The SMILES string of the molecule is Cc1ncsc1-c1ccc(N(C)NC(=O)[C@@H]2C[C@@H](O)CN2C(=O)C(NC(=O)COCCCCOc2ccc(C(=O)NC3C(C)(C)C(Oc4ccc(C#N)c(Cl)c4)C3(C)C)cc2F)C(C)(C)C)cc1. The van der Waals surface area contributed by atoms with E-state index < -0.39 is 63.9 Å². The van der Waals surface area contributed by atoms with Gasteiger partial charge in [-0.2, -0.15) is 5.26 Å². The molecule has 2 heterocycles. The first-order chi connectivity index (χ1) is 32.0. The fraction of sp³-hybridized carbons (Fsp3) is 0.480. The highest BCUT2D eigenvalue weighted by molar-refractivity contribution is 7.13. The number of nitrogens with one attached hydrogen (secondary N) is 3. The van der Waals surface area contributed by atoms with Crippen LogP contribution in [0.4, 0.5) is 10.1 Å². The Hall–Kier alpha value is -5.80. The molecule has 364 valence electrons. The Kier molecular flexibility index (Phi) is 16.1. The third-order valence-corrected chi connectivity index (χ3v) is 13.9. The van der Waals surface area contributed by atoms with Crippen molar-refractivity contribution < 1.29 is 42.9 Å². The van der Waals surface area contributed by atoms with Crippen LogP contribution in [-0.4, -0.2) is 102 Å². The van der Waals surface area contributed by atoms with Crippen molar-refractivity contribution in [3.05, 3.63) is 93.8 Å². The van der Waals surface area contributed by atoms with E-state index in [0.717, 1.165) is 22.2 Å². The maximum absolute atomic E-state index is 15.2. The molecule has 1 saturated heterocycles. The summed E-state index contributed by atoms with van der Waals surface area (Å²) in [6.45, 7) is 15.2. The van der Waals surface area contributed by atoms with Crippen LogP contribution < -0.4 is 30.5 Å². The Balaban J connectivity index is 0.920. The normalized spacial score (nSPS) is 19.8. The lowest BCUT2D eigenvalue weighted by molar-refractivity contribution is -0.164. The molecule has 18 heteroatoms. The number of unbranched alkanes of at least 4 members (excludes halogenated alkanes) is 1. The number of rotatable bonds is 18. The Morgan fingerprint density at radius 2 is 1.74 bits per heavy atom. The first-order valence-electron chi connectivity index (χ1n) is 22.5. The number of carbonyl (C=O) groups is 4. The largest absolute Gasteiger partial charge is 0.491 e. The summed E-state index contributed by atoms with van der Waals surface area (Å²) in [5, 5.41) is 27.5. The number of likely N-dealkylation sites (tertiary alicyclic amines) is 1. The second-order valence-corrected chi connectivity index (χ2v) is 20.9. The molecule has 0 spiro atoms. The van der Waals surface area contributed by atoms with Crippen LogP contribution in [0.1, 0.15) is 89.3 Å². The summed E-state index contributed by atoms with van der Waals surface area (Å²) in [5.41, 5.74) is 6.02. The van der Waals surface area contributed by atoms with E-state index in [1.807, 2.05) is 65.0 Å². The number of thiazole rings is 1. The molecule has 1 unspecified atom stereocenters. The minimum Gasteiger partial charge on any atom is -0.491 e. The molecule has 0 radical (unpaired) electrons. The van der Waals surface area contributed by atoms with Gasteiger partial charge in [0.05, 0.1) is 45.1 Å². The van der Waals surface area contributed by atoms with E-state index in [9.17, 15) is 29.5 Å². The number of β-amino-alcohol motifs (C(OH)–C–C–N with tert-alkyl or cyclic N) is 1. The van der Waals surface area contributed by atoms with Gasteiger partial charge in [0.25, 0.3) is 11.8 Å². The third-order valence-electron chi connectivity index (χ3n) is 12.6. The molecule has 1 aliphatic carbocycles. The van der Waals surface area contributed by atoms with Crippen LogP contribution in [0.3, 0.4) is 0 Å². The zero-order chi connectivity index (χ0) is 49.7. The molecule has 1 aromatic heterocycles. The molecule has 4 N–H and O–H groups in total. The second kappa shape index (κ2) is 21.2. The van der Waals surface area contributed by atoms with Gasteiger partial charge in [0.2, 0.25) is 11.8 Å². The van der Waals surface area contributed by atoms with Crippen molar-refractivity contribution >= 4 is 52.3 Å². The van der Waals surface area contributed by atoms with E-state index in [0.29, 0.717) is 34.9 Å². The van der Waals surface area contributed by atoms with Crippen LogP contribution in [0.25, 0.3) is 10.4 Å². The molecule has 4 aromatic rings. The average molecular weight is 975 g/mol. The first kappa shape index (κ1) is 51.6. The van der Waals surface area contributed by atoms with Crippen LogP contribution in [0.15, 0.2) is 66.2 Å². The van der Waals surface area contributed by atoms with Crippen LogP contribution in [0.2, 0.25) is 5.02 Å². The van der Waals surface area contributed by atoms with E-state index in [4.69, 9.17) is 25.8 Å². The van der Waals surface area contributed by atoms with E-state index >= 15 is 4.39 Å². The Labute approximate surface area is 406 Å². The van der Waals surface area contributed by atoms with Crippen molar-refractivity contribution in [3.8, 4) is 28.0 Å². The highest BCUT2D eigenvalue weighted by Gasteiger charge is 2.64. The van der Waals surface area contributed by atoms with Crippen molar-refractivity contribution in [1.29, 1.82) is 5.26 Å². The number of aromatic nitrogens is 1. The Morgan fingerprint density at radius 1 is 1.04 bits per heavy atom. The summed E-state index contributed by atoms with van der Waals surface area (Å²) in [5.74, 6) is -2.11. The quantitative estimate of drug-likeness (QED) is 0.0580. The van der Waals surface area contributed by atoms with E-state index in [1.165, 1.54) is 17.0 Å². The number of benzene rings is 3. The molecule has 68 heavy (non-hydrogen) atoms. The molecular formula is C50H61ClFN7O8S. The number of hydrogen-bond acceptors (Lipinski definition) is 12. The van der Waals surface area contributed by atoms with Gasteiger partial charge in [0.1, 0.15) is 36.6 Å². The lowest BCUT2D eigenvalue weighted by Crippen LogP contribution is -2.74. The van der Waals surface area contributed by atoms with Crippen molar-refractivity contribution in [3.63, 3.8) is 0 Å². The van der Waals surface area contributed by atoms with Crippen molar-refractivity contribution in [2.45, 2.75) is 105 Å². The van der Waals surface area contributed by atoms with E-state index in [1.54, 1.807) is 67.9 Å². The fourth-order valence-corrected chi connectivity index (χ4v) is 10.3. The molecular weight excluding hydrogens is 913 g/mol. The molecule has 15 nitrogen and oxygen atoms in total. The number of nitriles is 1. The fourth-order valence-electron chi connectivity index (χ4n) is 9.27. The highest BCUT2D eigenvalue weighted by Crippen LogP contribution is 2.55. The van der Waals surface area contributed by atoms with Crippen LogP contribution in [0.5, 0.6) is 11.5 Å². The lowest BCUT2D eigenvalue weighted by Gasteiger charge is -2.63. The summed E-state index contributed by atoms with van der Waals surface area (Å²) in [7, 11) is 1.69. The predicted octanol–water partition coefficient (Wildman–Crippen LogP) is 7.23. The molecule has 2 aliphatic rings. The summed E-state index contributed by atoms with van der Waals surface area (Å²) >= 11 is 7.76. The second-order valence-electron chi connectivity index (χ2n) is 19.7. The smallest absolute Gasteiger partial charge is 0.261 e. The van der Waals surface area contributed by atoms with Gasteiger partial charge in [-0.25, -0.2) is 9.37 Å². The van der Waals surface area contributed by atoms with Gasteiger partial charge in [-0.15, -0.1) is 11.3 Å². The summed E-state index contributed by atoms with van der Waals surface area (Å²) < 4.78 is 32.7. The third kappa shape index (κ3) is 11.7. The molecule has 1 saturated carbocycles. The Bertz CT molecular complexity index is 2510. The number of amides is 4. The predicted molar refractivity (Wildman–Crippen MR) is 258 cm³/mol. The molecule has 0 bridgehead atoms. The summed E-state index contributed by atoms with van der Waals surface area (Å²) in [6, 6.07) is 16.3. The maximum Gasteiger partial charge on any atom is 0.261 e. The molecule has 1 aliphatic heterocycles.